The van der Waals surface area contributed by atoms with Gasteiger partial charge in [0.25, 0.3) is 0 Å². The average molecular weight is 674 g/mol. The van der Waals surface area contributed by atoms with Crippen LogP contribution >= 0.6 is 0 Å². The first kappa shape index (κ1) is 29.6. The Bertz CT molecular complexity index is 3150. The van der Waals surface area contributed by atoms with Crippen LogP contribution in [0.5, 0.6) is 0 Å². The summed E-state index contributed by atoms with van der Waals surface area (Å²) in [6.45, 7) is 0. The number of benzene rings is 9. The maximum Gasteiger partial charge on any atom is 0.0971 e. The van der Waals surface area contributed by atoms with Gasteiger partial charge in [-0.05, 0) is 91.3 Å². The van der Waals surface area contributed by atoms with Crippen molar-refractivity contribution in [3.8, 4) is 39.1 Å². The number of rotatable bonds is 4. The van der Waals surface area contributed by atoms with E-state index in [-0.39, 0.29) is 0 Å². The monoisotopic (exact) mass is 673 g/mol. The van der Waals surface area contributed by atoms with E-state index in [2.05, 4.69) is 180 Å². The van der Waals surface area contributed by atoms with Crippen LogP contribution in [0.2, 0.25) is 0 Å². The Labute approximate surface area is 306 Å². The fourth-order valence-corrected chi connectivity index (χ4v) is 8.50. The molecule has 9 aromatic carbocycles. The highest BCUT2D eigenvalue weighted by Gasteiger charge is 2.15. The minimum Gasteiger partial charge on any atom is -0.309 e. The average Bonchev–Trinajstić information content (AvgIpc) is 3.58. The predicted molar refractivity (Wildman–Crippen MR) is 223 cm³/mol. The first-order valence-corrected chi connectivity index (χ1v) is 18.1. The fraction of sp³-hybridized carbons (Fsp3) is 0. The van der Waals surface area contributed by atoms with Crippen molar-refractivity contribution < 1.29 is 0 Å². The second-order valence-corrected chi connectivity index (χ2v) is 13.8. The molecule has 0 saturated heterocycles. The third-order valence-electron chi connectivity index (χ3n) is 10.9. The molecule has 0 bridgehead atoms. The summed E-state index contributed by atoms with van der Waals surface area (Å²) in [6, 6.07) is 63.9. The van der Waals surface area contributed by atoms with Crippen LogP contribution in [0.4, 0.5) is 0 Å². The summed E-state index contributed by atoms with van der Waals surface area (Å²) in [7, 11) is 0. The smallest absolute Gasteiger partial charge is 0.0971 e. The molecule has 0 atom stereocenters. The molecule has 0 radical (unpaired) electrons. The Balaban J connectivity index is 1.03. The van der Waals surface area contributed by atoms with Crippen molar-refractivity contribution >= 4 is 65.2 Å². The van der Waals surface area contributed by atoms with E-state index in [4.69, 9.17) is 9.97 Å². The Morgan fingerprint density at radius 1 is 0.302 bits per heavy atom. The molecule has 53 heavy (non-hydrogen) atoms. The van der Waals surface area contributed by atoms with Crippen LogP contribution in [0.1, 0.15) is 0 Å². The maximum absolute atomic E-state index is 4.81. The molecule has 3 heteroatoms. The molecule has 0 aliphatic carbocycles. The van der Waals surface area contributed by atoms with E-state index in [1.807, 2.05) is 0 Å². The first-order chi connectivity index (χ1) is 26.3. The standard InChI is InChI=1S/C50H31N3/c1-2-18-45-41(15-1)42-26-25-33(31-46(42)50-49(45)51-27-28-52-50)32-11-7-12-34(29-32)37-19-9-22-40-38(20-10-21-39(37)40)35-13-8-14-36(30-35)53-47-23-5-3-16-43(47)44-17-4-6-24-48(44)53/h1-31H. The summed E-state index contributed by atoms with van der Waals surface area (Å²) in [5, 5.41) is 9.64. The van der Waals surface area contributed by atoms with Crippen molar-refractivity contribution in [2.45, 2.75) is 0 Å². The fourth-order valence-electron chi connectivity index (χ4n) is 8.50. The summed E-state index contributed by atoms with van der Waals surface area (Å²) in [5.74, 6) is 0. The normalized spacial score (nSPS) is 11.8. The van der Waals surface area contributed by atoms with Crippen LogP contribution < -0.4 is 0 Å². The molecule has 3 nitrogen and oxygen atoms in total. The highest BCUT2D eigenvalue weighted by Crippen LogP contribution is 2.40. The van der Waals surface area contributed by atoms with Gasteiger partial charge >= 0.3 is 0 Å². The lowest BCUT2D eigenvalue weighted by Gasteiger charge is -2.14. The van der Waals surface area contributed by atoms with E-state index in [1.54, 1.807) is 12.4 Å². The number of aromatic nitrogens is 3. The van der Waals surface area contributed by atoms with Crippen molar-refractivity contribution in [2.24, 2.45) is 0 Å². The second kappa shape index (κ2) is 11.7. The molecule has 11 aromatic rings. The summed E-state index contributed by atoms with van der Waals surface area (Å²) >= 11 is 0. The zero-order valence-electron chi connectivity index (χ0n) is 28.7. The zero-order chi connectivity index (χ0) is 34.9. The SMILES string of the molecule is c1cc(-c2ccc3c4ccccc4c4nccnc4c3c2)cc(-c2cccc3c(-c4cccc(-n5c6ccccc6c6ccccc65)c4)cccc23)c1. The van der Waals surface area contributed by atoms with Gasteiger partial charge in [-0.2, -0.15) is 0 Å². The van der Waals surface area contributed by atoms with Gasteiger partial charge in [-0.25, -0.2) is 0 Å². The van der Waals surface area contributed by atoms with Crippen molar-refractivity contribution in [1.29, 1.82) is 0 Å². The van der Waals surface area contributed by atoms with Gasteiger partial charge in [0.15, 0.2) is 0 Å². The number of hydrogen-bond acceptors (Lipinski definition) is 2. The van der Waals surface area contributed by atoms with E-state index in [1.165, 1.54) is 71.2 Å². The molecular weight excluding hydrogens is 643 g/mol. The molecule has 0 saturated carbocycles. The molecule has 2 aromatic heterocycles. The number of fused-ring (bicyclic) bond motifs is 10. The predicted octanol–water partition coefficient (Wildman–Crippen LogP) is 13.2. The molecule has 246 valence electrons. The minimum atomic E-state index is 0.933. The van der Waals surface area contributed by atoms with Crippen LogP contribution in [0, 0.1) is 0 Å². The lowest BCUT2D eigenvalue weighted by Crippen LogP contribution is -1.94. The van der Waals surface area contributed by atoms with E-state index >= 15 is 0 Å². The Hall–Kier alpha value is -7.10. The van der Waals surface area contributed by atoms with Crippen LogP contribution in [0.3, 0.4) is 0 Å². The number of para-hydroxylation sites is 2. The third-order valence-corrected chi connectivity index (χ3v) is 10.9. The van der Waals surface area contributed by atoms with Gasteiger partial charge in [0, 0.05) is 39.6 Å². The Morgan fingerprint density at radius 2 is 0.792 bits per heavy atom. The largest absolute Gasteiger partial charge is 0.309 e. The number of hydrogen-bond donors (Lipinski definition) is 0. The summed E-state index contributed by atoms with van der Waals surface area (Å²) in [4.78, 5) is 9.56. The van der Waals surface area contributed by atoms with Crippen LogP contribution in [0.25, 0.3) is 104 Å². The van der Waals surface area contributed by atoms with Gasteiger partial charge in [-0.15, -0.1) is 0 Å². The number of nitrogens with zero attached hydrogens (tertiary/aromatic N) is 3. The van der Waals surface area contributed by atoms with Gasteiger partial charge in [0.2, 0.25) is 0 Å². The molecule has 0 N–H and O–H groups in total. The summed E-state index contributed by atoms with van der Waals surface area (Å²) < 4.78 is 2.39. The van der Waals surface area contributed by atoms with Crippen LogP contribution in [0.15, 0.2) is 188 Å². The summed E-state index contributed by atoms with van der Waals surface area (Å²) in [6.07, 6.45) is 3.57. The lowest BCUT2D eigenvalue weighted by molar-refractivity contribution is 1.18. The van der Waals surface area contributed by atoms with Crippen LogP contribution in [-0.2, 0) is 0 Å². The molecule has 0 spiro atoms. The van der Waals surface area contributed by atoms with Gasteiger partial charge < -0.3 is 4.57 Å². The molecule has 0 aliphatic rings. The van der Waals surface area contributed by atoms with E-state index in [0.29, 0.717) is 0 Å². The highest BCUT2D eigenvalue weighted by molar-refractivity contribution is 6.23. The van der Waals surface area contributed by atoms with Crippen molar-refractivity contribution in [2.75, 3.05) is 0 Å². The van der Waals surface area contributed by atoms with E-state index in [0.717, 1.165) is 33.1 Å². The van der Waals surface area contributed by atoms with E-state index < -0.39 is 0 Å². The first-order valence-electron chi connectivity index (χ1n) is 18.1. The zero-order valence-corrected chi connectivity index (χ0v) is 28.7. The van der Waals surface area contributed by atoms with Crippen molar-refractivity contribution in [3.05, 3.63) is 188 Å². The molecule has 11 rings (SSSR count). The Kier molecular flexibility index (Phi) is 6.55. The van der Waals surface area contributed by atoms with Crippen molar-refractivity contribution in [1.82, 2.24) is 14.5 Å². The molecular formula is C50H31N3. The molecule has 2 heterocycles. The molecule has 0 aliphatic heterocycles. The minimum absolute atomic E-state index is 0.933. The van der Waals surface area contributed by atoms with Gasteiger partial charge in [-0.1, -0.05) is 140 Å². The van der Waals surface area contributed by atoms with Crippen molar-refractivity contribution in [3.63, 3.8) is 0 Å². The van der Waals surface area contributed by atoms with Gasteiger partial charge in [-0.3, -0.25) is 9.97 Å². The van der Waals surface area contributed by atoms with E-state index in [9.17, 15) is 0 Å². The molecule has 0 fully saturated rings. The topological polar surface area (TPSA) is 30.7 Å². The maximum atomic E-state index is 4.81. The Morgan fingerprint density at radius 3 is 1.49 bits per heavy atom. The van der Waals surface area contributed by atoms with Gasteiger partial charge in [0.1, 0.15) is 0 Å². The highest BCUT2D eigenvalue weighted by atomic mass is 15.0. The molecule has 0 unspecified atom stereocenters. The quantitative estimate of drug-likeness (QED) is 0.174. The van der Waals surface area contributed by atoms with Crippen LogP contribution in [-0.4, -0.2) is 14.5 Å². The lowest BCUT2D eigenvalue weighted by atomic mass is 9.91. The summed E-state index contributed by atoms with van der Waals surface area (Å²) in [5.41, 5.74) is 12.6. The van der Waals surface area contributed by atoms with Gasteiger partial charge in [0.05, 0.1) is 22.1 Å². The third kappa shape index (κ3) is 4.61. The molecule has 0 amide bonds. The second-order valence-electron chi connectivity index (χ2n) is 13.8.